The fourth-order valence-corrected chi connectivity index (χ4v) is 2.85. The summed E-state index contributed by atoms with van der Waals surface area (Å²) in [5.74, 6) is 0.210. The molecule has 0 aliphatic carbocycles. The van der Waals surface area contributed by atoms with Gasteiger partial charge >= 0.3 is 0 Å². The number of piperazine rings is 1. The Morgan fingerprint density at radius 3 is 2.44 bits per heavy atom. The molecule has 0 radical (unpaired) electrons. The fraction of sp³-hybridized carbons (Fsp3) is 0.929. The standard InChI is InChI=1S/C14H27N3O/c1-13(2,14(3,4)15)12(18)17-9-8-16-7-5-6-11(16)10-17/h11H,5-10,15H2,1-4H3. The second-order valence-electron chi connectivity index (χ2n) is 6.93. The molecule has 0 aromatic rings. The molecule has 0 bridgehead atoms. The molecule has 2 heterocycles. The molecule has 2 fully saturated rings. The highest BCUT2D eigenvalue weighted by atomic mass is 16.2. The van der Waals surface area contributed by atoms with Gasteiger partial charge in [0.1, 0.15) is 0 Å². The first-order valence-electron chi connectivity index (χ1n) is 7.06. The average molecular weight is 253 g/mol. The van der Waals surface area contributed by atoms with Crippen LogP contribution in [0.1, 0.15) is 40.5 Å². The van der Waals surface area contributed by atoms with Crippen LogP contribution in [0.4, 0.5) is 0 Å². The Bertz CT molecular complexity index is 332. The number of carbonyl (C=O) groups excluding carboxylic acids is 1. The molecule has 2 saturated heterocycles. The Labute approximate surface area is 110 Å². The maximum absolute atomic E-state index is 12.7. The highest BCUT2D eigenvalue weighted by Gasteiger charge is 2.44. The molecule has 1 unspecified atom stereocenters. The smallest absolute Gasteiger partial charge is 0.230 e. The third-order valence-corrected chi connectivity index (χ3v) is 5.02. The monoisotopic (exact) mass is 253 g/mol. The SMILES string of the molecule is CC(C)(N)C(C)(C)C(=O)N1CCN2CCCC2C1. The molecule has 2 aliphatic heterocycles. The molecule has 0 saturated carbocycles. The molecule has 4 heteroatoms. The molecule has 2 aliphatic rings. The summed E-state index contributed by atoms with van der Waals surface area (Å²) in [4.78, 5) is 17.2. The zero-order chi connectivity index (χ0) is 13.6. The van der Waals surface area contributed by atoms with Gasteiger partial charge in [-0.05, 0) is 47.1 Å². The van der Waals surface area contributed by atoms with Crippen molar-refractivity contribution in [2.75, 3.05) is 26.2 Å². The lowest BCUT2D eigenvalue weighted by atomic mass is 9.74. The molecule has 2 rings (SSSR count). The van der Waals surface area contributed by atoms with Crippen molar-refractivity contribution in [3.63, 3.8) is 0 Å². The zero-order valence-electron chi connectivity index (χ0n) is 12.2. The van der Waals surface area contributed by atoms with E-state index < -0.39 is 11.0 Å². The van der Waals surface area contributed by atoms with Gasteiger partial charge in [0.25, 0.3) is 0 Å². The normalized spacial score (nSPS) is 26.3. The largest absolute Gasteiger partial charge is 0.339 e. The molecule has 1 atom stereocenters. The second kappa shape index (κ2) is 4.49. The van der Waals surface area contributed by atoms with Crippen molar-refractivity contribution in [2.24, 2.45) is 11.1 Å². The van der Waals surface area contributed by atoms with Gasteiger partial charge in [-0.3, -0.25) is 9.69 Å². The van der Waals surface area contributed by atoms with Crippen LogP contribution in [-0.2, 0) is 4.79 Å². The number of nitrogens with two attached hydrogens (primary N) is 1. The van der Waals surface area contributed by atoms with Crippen LogP contribution in [0.15, 0.2) is 0 Å². The van der Waals surface area contributed by atoms with Crippen LogP contribution in [0.25, 0.3) is 0 Å². The van der Waals surface area contributed by atoms with E-state index in [-0.39, 0.29) is 5.91 Å². The topological polar surface area (TPSA) is 49.6 Å². The second-order valence-corrected chi connectivity index (χ2v) is 6.93. The Balaban J connectivity index is 2.06. The Hall–Kier alpha value is -0.610. The van der Waals surface area contributed by atoms with Crippen LogP contribution in [-0.4, -0.2) is 53.5 Å². The summed E-state index contributed by atoms with van der Waals surface area (Å²) >= 11 is 0. The van der Waals surface area contributed by atoms with E-state index in [4.69, 9.17) is 5.73 Å². The molecule has 0 aromatic carbocycles. The van der Waals surface area contributed by atoms with E-state index in [0.29, 0.717) is 6.04 Å². The Kier molecular flexibility index (Phi) is 3.45. The van der Waals surface area contributed by atoms with Crippen LogP contribution in [0, 0.1) is 5.41 Å². The molecule has 104 valence electrons. The number of fused-ring (bicyclic) bond motifs is 1. The van der Waals surface area contributed by atoms with Gasteiger partial charge in [-0.2, -0.15) is 0 Å². The van der Waals surface area contributed by atoms with Crippen LogP contribution in [0.2, 0.25) is 0 Å². The summed E-state index contributed by atoms with van der Waals surface area (Å²) in [6, 6.07) is 0.583. The summed E-state index contributed by atoms with van der Waals surface area (Å²) in [5.41, 5.74) is 5.17. The van der Waals surface area contributed by atoms with Crippen LogP contribution in [0.5, 0.6) is 0 Å². The first-order valence-corrected chi connectivity index (χ1v) is 7.06. The average Bonchev–Trinajstić information content (AvgIpc) is 2.73. The predicted octanol–water partition coefficient (Wildman–Crippen LogP) is 1.06. The third-order valence-electron chi connectivity index (χ3n) is 5.02. The summed E-state index contributed by atoms with van der Waals surface area (Å²) in [6.45, 7) is 11.8. The van der Waals surface area contributed by atoms with Gasteiger partial charge in [-0.1, -0.05) is 0 Å². The van der Waals surface area contributed by atoms with Crippen LogP contribution in [0.3, 0.4) is 0 Å². The highest BCUT2D eigenvalue weighted by molar-refractivity contribution is 5.83. The summed E-state index contributed by atoms with van der Waals surface area (Å²) in [6.07, 6.45) is 2.51. The van der Waals surface area contributed by atoms with Crippen molar-refractivity contribution in [3.05, 3.63) is 0 Å². The van der Waals surface area contributed by atoms with E-state index in [9.17, 15) is 4.79 Å². The lowest BCUT2D eigenvalue weighted by Crippen LogP contribution is -2.60. The number of nitrogens with zero attached hydrogens (tertiary/aromatic N) is 2. The number of hydrogen-bond donors (Lipinski definition) is 1. The van der Waals surface area contributed by atoms with Gasteiger partial charge in [0, 0.05) is 31.2 Å². The van der Waals surface area contributed by atoms with Gasteiger partial charge < -0.3 is 10.6 Å². The first kappa shape index (κ1) is 13.8. The molecular weight excluding hydrogens is 226 g/mol. The van der Waals surface area contributed by atoms with E-state index in [1.54, 1.807) is 0 Å². The molecule has 0 spiro atoms. The van der Waals surface area contributed by atoms with Crippen molar-refractivity contribution < 1.29 is 4.79 Å². The van der Waals surface area contributed by atoms with Gasteiger partial charge in [-0.25, -0.2) is 0 Å². The van der Waals surface area contributed by atoms with E-state index in [1.165, 1.54) is 19.4 Å². The van der Waals surface area contributed by atoms with Gasteiger partial charge in [-0.15, -0.1) is 0 Å². The molecule has 18 heavy (non-hydrogen) atoms. The van der Waals surface area contributed by atoms with Crippen molar-refractivity contribution in [2.45, 2.75) is 52.1 Å². The summed E-state index contributed by atoms with van der Waals surface area (Å²) in [5, 5.41) is 0. The minimum Gasteiger partial charge on any atom is -0.339 e. The molecule has 2 N–H and O–H groups in total. The third kappa shape index (κ3) is 2.28. The van der Waals surface area contributed by atoms with Gasteiger partial charge in [0.15, 0.2) is 0 Å². The lowest BCUT2D eigenvalue weighted by molar-refractivity contribution is -0.146. The summed E-state index contributed by atoms with van der Waals surface area (Å²) in [7, 11) is 0. The number of hydrogen-bond acceptors (Lipinski definition) is 3. The molecule has 4 nitrogen and oxygen atoms in total. The maximum Gasteiger partial charge on any atom is 0.230 e. The summed E-state index contributed by atoms with van der Waals surface area (Å²) < 4.78 is 0. The zero-order valence-corrected chi connectivity index (χ0v) is 12.2. The van der Waals surface area contributed by atoms with Crippen LogP contribution < -0.4 is 5.73 Å². The van der Waals surface area contributed by atoms with E-state index in [2.05, 4.69) is 4.90 Å². The minimum absolute atomic E-state index is 0.210. The number of rotatable bonds is 2. The highest BCUT2D eigenvalue weighted by Crippen LogP contribution is 2.32. The van der Waals surface area contributed by atoms with E-state index in [0.717, 1.165) is 19.6 Å². The predicted molar refractivity (Wildman–Crippen MR) is 73.2 cm³/mol. The Morgan fingerprint density at radius 2 is 1.83 bits per heavy atom. The van der Waals surface area contributed by atoms with E-state index in [1.807, 2.05) is 32.6 Å². The Morgan fingerprint density at radius 1 is 1.17 bits per heavy atom. The van der Waals surface area contributed by atoms with Crippen molar-refractivity contribution in [1.29, 1.82) is 0 Å². The number of carbonyl (C=O) groups is 1. The van der Waals surface area contributed by atoms with Crippen molar-refractivity contribution >= 4 is 5.91 Å². The quantitative estimate of drug-likeness (QED) is 0.800. The lowest BCUT2D eigenvalue weighted by Gasteiger charge is -2.44. The number of amides is 1. The van der Waals surface area contributed by atoms with Crippen molar-refractivity contribution in [3.8, 4) is 0 Å². The molecule has 1 amide bonds. The fourth-order valence-electron chi connectivity index (χ4n) is 2.85. The first-order chi connectivity index (χ1) is 8.23. The molecule has 0 aromatic heterocycles. The van der Waals surface area contributed by atoms with Crippen LogP contribution >= 0.6 is 0 Å². The van der Waals surface area contributed by atoms with Gasteiger partial charge in [0.05, 0.1) is 5.41 Å². The van der Waals surface area contributed by atoms with Gasteiger partial charge in [0.2, 0.25) is 5.91 Å². The molecular formula is C14H27N3O. The minimum atomic E-state index is -0.506. The van der Waals surface area contributed by atoms with E-state index >= 15 is 0 Å². The van der Waals surface area contributed by atoms with Crippen molar-refractivity contribution in [1.82, 2.24) is 9.80 Å². The maximum atomic E-state index is 12.7.